The van der Waals surface area contributed by atoms with Gasteiger partial charge in [0, 0.05) is 6.42 Å². The quantitative estimate of drug-likeness (QED) is 0.577. The van der Waals surface area contributed by atoms with Gasteiger partial charge >= 0.3 is 5.97 Å². The second-order valence-electron chi connectivity index (χ2n) is 6.61. The summed E-state index contributed by atoms with van der Waals surface area (Å²) < 4.78 is 4.95. The molecule has 0 radical (unpaired) electrons. The lowest BCUT2D eigenvalue weighted by Gasteiger charge is -2.35. The van der Waals surface area contributed by atoms with Crippen molar-refractivity contribution in [3.63, 3.8) is 0 Å². The number of imide groups is 1. The molecule has 0 aromatic carbocycles. The van der Waals surface area contributed by atoms with Crippen LogP contribution in [0.2, 0.25) is 0 Å². The molecular formula is C15H24N2O4. The van der Waals surface area contributed by atoms with Crippen LogP contribution in [0.15, 0.2) is 0 Å². The van der Waals surface area contributed by atoms with E-state index in [1.165, 1.54) is 12.0 Å². The zero-order valence-corrected chi connectivity index (χ0v) is 13.2. The van der Waals surface area contributed by atoms with Crippen molar-refractivity contribution in [2.45, 2.75) is 45.6 Å². The molecule has 0 aromatic rings. The van der Waals surface area contributed by atoms with E-state index in [9.17, 15) is 14.4 Å². The normalized spacial score (nSPS) is 24.1. The maximum atomic E-state index is 12.4. The van der Waals surface area contributed by atoms with Crippen molar-refractivity contribution in [2.24, 2.45) is 11.3 Å². The molecule has 2 rings (SSSR count). The number of likely N-dealkylation sites (N-methyl/N-ethyl adjacent to an activating group) is 1. The van der Waals surface area contributed by atoms with Crippen LogP contribution in [0, 0.1) is 11.3 Å². The number of methoxy groups -OCH3 is 1. The van der Waals surface area contributed by atoms with Gasteiger partial charge in [-0.25, -0.2) is 4.79 Å². The van der Waals surface area contributed by atoms with Gasteiger partial charge in [0.15, 0.2) is 0 Å². The Morgan fingerprint density at radius 2 is 2.05 bits per heavy atom. The molecule has 1 unspecified atom stereocenters. The molecule has 1 heterocycles. The van der Waals surface area contributed by atoms with Gasteiger partial charge in [0.1, 0.15) is 5.54 Å². The second-order valence-corrected chi connectivity index (χ2v) is 6.61. The number of likely N-dealkylation sites (tertiary alicyclic amines) is 1. The molecule has 1 aliphatic heterocycles. The maximum Gasteiger partial charge on any atom is 0.328 e. The maximum absolute atomic E-state index is 12.4. The molecule has 6 nitrogen and oxygen atoms in total. The molecule has 1 aliphatic carbocycles. The highest BCUT2D eigenvalue weighted by Gasteiger charge is 2.56. The van der Waals surface area contributed by atoms with E-state index in [4.69, 9.17) is 4.74 Å². The summed E-state index contributed by atoms with van der Waals surface area (Å²) in [5.74, 6) is -0.692. The Morgan fingerprint density at radius 3 is 2.43 bits per heavy atom. The molecule has 21 heavy (non-hydrogen) atoms. The van der Waals surface area contributed by atoms with Crippen LogP contribution in [0.3, 0.4) is 0 Å². The summed E-state index contributed by atoms with van der Waals surface area (Å²) in [4.78, 5) is 38.1. The summed E-state index contributed by atoms with van der Waals surface area (Å²) in [6.45, 7) is 6.07. The Morgan fingerprint density at radius 1 is 1.43 bits per heavy atom. The first-order valence-electron chi connectivity index (χ1n) is 7.46. The first-order chi connectivity index (χ1) is 9.78. The molecule has 2 fully saturated rings. The van der Waals surface area contributed by atoms with Crippen LogP contribution in [0.5, 0.6) is 0 Å². The lowest BCUT2D eigenvalue weighted by molar-refractivity contribution is -0.153. The van der Waals surface area contributed by atoms with E-state index in [-0.39, 0.29) is 30.7 Å². The van der Waals surface area contributed by atoms with Gasteiger partial charge in [-0.3, -0.25) is 14.5 Å². The van der Waals surface area contributed by atoms with Crippen LogP contribution in [0.25, 0.3) is 0 Å². The van der Waals surface area contributed by atoms with Gasteiger partial charge in [-0.2, -0.15) is 0 Å². The molecule has 6 heteroatoms. The lowest BCUT2D eigenvalue weighted by Crippen LogP contribution is -2.62. The third-order valence-electron chi connectivity index (χ3n) is 4.44. The standard InChI is InChI=1S/C15H24N2O4/c1-5-16-15(10-6-7-10,13(20)21-4)9-17-11(18)8-14(2,3)12(17)19/h10,16H,5-9H2,1-4H3. The van der Waals surface area contributed by atoms with Crippen LogP contribution < -0.4 is 5.32 Å². The zero-order valence-electron chi connectivity index (χ0n) is 13.2. The SMILES string of the molecule is CCNC(CN1C(=O)CC(C)(C)C1=O)(C(=O)OC)C1CC1. The third kappa shape index (κ3) is 2.69. The molecule has 1 saturated heterocycles. The number of ether oxygens (including phenoxy) is 1. The molecule has 1 atom stereocenters. The predicted octanol–water partition coefficient (Wildman–Crippen LogP) is 0.703. The summed E-state index contributed by atoms with van der Waals surface area (Å²) in [7, 11) is 1.34. The van der Waals surface area contributed by atoms with Gasteiger partial charge in [0.05, 0.1) is 19.1 Å². The van der Waals surface area contributed by atoms with Crippen molar-refractivity contribution < 1.29 is 19.1 Å². The zero-order chi connectivity index (χ0) is 15.8. The smallest absolute Gasteiger partial charge is 0.328 e. The fourth-order valence-electron chi connectivity index (χ4n) is 3.14. The van der Waals surface area contributed by atoms with E-state index in [0.29, 0.717) is 6.54 Å². The Balaban J connectivity index is 2.29. The van der Waals surface area contributed by atoms with E-state index >= 15 is 0 Å². The van der Waals surface area contributed by atoms with Gasteiger partial charge in [0.25, 0.3) is 0 Å². The van der Waals surface area contributed by atoms with Crippen LogP contribution in [0.4, 0.5) is 0 Å². The highest BCUT2D eigenvalue weighted by Crippen LogP contribution is 2.42. The average Bonchev–Trinajstić information content (AvgIpc) is 3.23. The number of nitrogens with zero attached hydrogens (tertiary/aromatic N) is 1. The third-order valence-corrected chi connectivity index (χ3v) is 4.44. The van der Waals surface area contributed by atoms with E-state index < -0.39 is 16.9 Å². The minimum Gasteiger partial charge on any atom is -0.468 e. The van der Waals surface area contributed by atoms with Crippen LogP contribution in [0.1, 0.15) is 40.0 Å². The number of hydrogen-bond donors (Lipinski definition) is 1. The molecule has 1 saturated carbocycles. The number of amides is 2. The topological polar surface area (TPSA) is 75.7 Å². The second kappa shape index (κ2) is 5.40. The molecule has 2 aliphatic rings. The first kappa shape index (κ1) is 15.9. The van der Waals surface area contributed by atoms with Crippen LogP contribution in [-0.2, 0) is 19.1 Å². The van der Waals surface area contributed by atoms with E-state index in [2.05, 4.69) is 5.32 Å². The molecular weight excluding hydrogens is 272 g/mol. The minimum atomic E-state index is -0.963. The number of hydrogen-bond acceptors (Lipinski definition) is 5. The summed E-state index contributed by atoms with van der Waals surface area (Å²) in [6, 6.07) is 0. The van der Waals surface area contributed by atoms with Gasteiger partial charge in [-0.05, 0) is 25.3 Å². The molecule has 0 bridgehead atoms. The Kier molecular flexibility index (Phi) is 4.10. The number of nitrogens with one attached hydrogen (secondary N) is 1. The largest absolute Gasteiger partial charge is 0.468 e. The lowest BCUT2D eigenvalue weighted by atomic mass is 9.90. The molecule has 118 valence electrons. The minimum absolute atomic E-state index is 0.0687. The summed E-state index contributed by atoms with van der Waals surface area (Å²) in [5.41, 5.74) is -1.65. The molecule has 0 aromatic heterocycles. The Hall–Kier alpha value is -1.43. The van der Waals surface area contributed by atoms with Crippen LogP contribution >= 0.6 is 0 Å². The summed E-state index contributed by atoms with van der Waals surface area (Å²) in [5, 5.41) is 3.18. The van der Waals surface area contributed by atoms with Crippen molar-refractivity contribution in [3.05, 3.63) is 0 Å². The predicted molar refractivity (Wildman–Crippen MR) is 76.3 cm³/mol. The van der Waals surface area contributed by atoms with Crippen LogP contribution in [-0.4, -0.2) is 48.4 Å². The van der Waals surface area contributed by atoms with E-state index in [1.807, 2.05) is 6.92 Å². The highest BCUT2D eigenvalue weighted by atomic mass is 16.5. The number of carbonyl (C=O) groups is 3. The summed E-state index contributed by atoms with van der Waals surface area (Å²) in [6.07, 6.45) is 2.00. The number of rotatable bonds is 6. The van der Waals surface area contributed by atoms with Gasteiger partial charge in [-0.1, -0.05) is 20.8 Å². The van der Waals surface area contributed by atoms with E-state index in [0.717, 1.165) is 12.8 Å². The van der Waals surface area contributed by atoms with Gasteiger partial charge in [0.2, 0.25) is 11.8 Å². The van der Waals surface area contributed by atoms with Crippen molar-refractivity contribution in [3.8, 4) is 0 Å². The molecule has 0 spiro atoms. The fraction of sp³-hybridized carbons (Fsp3) is 0.800. The van der Waals surface area contributed by atoms with Crippen molar-refractivity contribution in [1.82, 2.24) is 10.2 Å². The van der Waals surface area contributed by atoms with Gasteiger partial charge in [-0.15, -0.1) is 0 Å². The molecule has 1 N–H and O–H groups in total. The highest BCUT2D eigenvalue weighted by molar-refractivity contribution is 6.06. The Labute approximate surface area is 125 Å². The number of carbonyl (C=O) groups excluding carboxylic acids is 3. The van der Waals surface area contributed by atoms with Crippen molar-refractivity contribution >= 4 is 17.8 Å². The molecule has 2 amide bonds. The number of esters is 1. The van der Waals surface area contributed by atoms with Gasteiger partial charge < -0.3 is 10.1 Å². The van der Waals surface area contributed by atoms with E-state index in [1.54, 1.807) is 13.8 Å². The Bertz CT molecular complexity index is 470. The first-order valence-corrected chi connectivity index (χ1v) is 7.46. The van der Waals surface area contributed by atoms with Crippen molar-refractivity contribution in [1.29, 1.82) is 0 Å². The average molecular weight is 296 g/mol. The fourth-order valence-corrected chi connectivity index (χ4v) is 3.14. The van der Waals surface area contributed by atoms with Crippen molar-refractivity contribution in [2.75, 3.05) is 20.2 Å². The summed E-state index contributed by atoms with van der Waals surface area (Å²) >= 11 is 0. The monoisotopic (exact) mass is 296 g/mol.